The van der Waals surface area contributed by atoms with Crippen molar-refractivity contribution >= 4 is 12.6 Å². The topological polar surface area (TPSA) is 27.0 Å². The smallest absolute Gasteiger partial charge is 0.179 e. The molecule has 3 heteroatoms. The maximum atomic E-state index is 8.64. The van der Waals surface area contributed by atoms with Gasteiger partial charge in [-0.05, 0) is 18.8 Å². The van der Waals surface area contributed by atoms with Crippen molar-refractivity contribution in [2.45, 2.75) is 25.0 Å². The predicted molar refractivity (Wildman–Crippen MR) is 48.4 cm³/mol. The fourth-order valence-electron chi connectivity index (χ4n) is 1.49. The lowest BCUT2D eigenvalue weighted by atomic mass is 9.96. The molecular weight excluding hydrogens is 156 g/mol. The van der Waals surface area contributed by atoms with Crippen LogP contribution >= 0.6 is 12.6 Å². The van der Waals surface area contributed by atoms with Crippen molar-refractivity contribution in [1.82, 2.24) is 4.90 Å². The summed E-state index contributed by atoms with van der Waals surface area (Å²) in [6.07, 6.45) is 4.56. The first-order valence-corrected chi connectivity index (χ1v) is 4.58. The second-order valence-electron chi connectivity index (χ2n) is 3.19. The van der Waals surface area contributed by atoms with Gasteiger partial charge in [-0.15, -0.1) is 0 Å². The van der Waals surface area contributed by atoms with Crippen LogP contribution in [0.15, 0.2) is 0 Å². The van der Waals surface area contributed by atoms with E-state index in [1.54, 1.807) is 0 Å². The molecule has 1 aliphatic rings. The molecule has 1 heterocycles. The van der Waals surface area contributed by atoms with Gasteiger partial charge >= 0.3 is 0 Å². The number of hydrogen-bond donors (Lipinski definition) is 1. The second-order valence-corrected chi connectivity index (χ2v) is 4.00. The molecule has 1 rings (SSSR count). The van der Waals surface area contributed by atoms with Gasteiger partial charge in [0.2, 0.25) is 0 Å². The molecule has 1 aliphatic heterocycles. The molecule has 0 bridgehead atoms. The minimum absolute atomic E-state index is 0.422. The molecule has 0 spiro atoms. The highest BCUT2D eigenvalue weighted by atomic mass is 32.1. The van der Waals surface area contributed by atoms with Gasteiger partial charge in [0.1, 0.15) is 0 Å². The summed E-state index contributed by atoms with van der Waals surface area (Å²) in [6.45, 7) is 3.95. The van der Waals surface area contributed by atoms with Crippen LogP contribution in [0.25, 0.3) is 0 Å². The van der Waals surface area contributed by atoms with Gasteiger partial charge in [-0.25, -0.2) is 0 Å². The zero-order chi connectivity index (χ0) is 8.27. The summed E-state index contributed by atoms with van der Waals surface area (Å²) in [6, 6.07) is 0. The molecule has 2 atom stereocenters. The van der Waals surface area contributed by atoms with E-state index in [0.29, 0.717) is 11.2 Å². The normalized spacial score (nSPS) is 27.7. The Kier molecular flexibility index (Phi) is 3.07. The number of nitriles is 1. The molecule has 0 aromatic rings. The van der Waals surface area contributed by atoms with Crippen molar-refractivity contribution in [3.8, 4) is 6.19 Å². The first-order chi connectivity index (χ1) is 5.24. The Labute approximate surface area is 73.6 Å². The fourth-order valence-corrected chi connectivity index (χ4v) is 1.74. The molecule has 0 saturated carbocycles. The van der Waals surface area contributed by atoms with Crippen LogP contribution in [-0.4, -0.2) is 23.2 Å². The number of thiol groups is 1. The molecule has 0 aromatic carbocycles. The van der Waals surface area contributed by atoms with Gasteiger partial charge in [-0.1, -0.05) is 6.92 Å². The molecule has 11 heavy (non-hydrogen) atoms. The average Bonchev–Trinajstić information content (AvgIpc) is 2.05. The van der Waals surface area contributed by atoms with Gasteiger partial charge in [0.05, 0.1) is 0 Å². The van der Waals surface area contributed by atoms with E-state index in [4.69, 9.17) is 5.26 Å². The van der Waals surface area contributed by atoms with E-state index in [2.05, 4.69) is 25.7 Å². The van der Waals surface area contributed by atoms with E-state index in [1.807, 2.05) is 4.90 Å². The quantitative estimate of drug-likeness (QED) is 0.477. The van der Waals surface area contributed by atoms with Crippen LogP contribution in [-0.2, 0) is 0 Å². The lowest BCUT2D eigenvalue weighted by Gasteiger charge is -2.30. The SMILES string of the molecule is CC(S)[C@H]1CCCN(C#N)C1. The number of nitrogens with zero attached hydrogens (tertiary/aromatic N) is 2. The fraction of sp³-hybridized carbons (Fsp3) is 0.875. The molecule has 0 N–H and O–H groups in total. The predicted octanol–water partition coefficient (Wildman–Crippen LogP) is 1.50. The molecular formula is C8H14N2S. The number of piperidine rings is 1. The van der Waals surface area contributed by atoms with Crippen LogP contribution in [0.3, 0.4) is 0 Å². The summed E-state index contributed by atoms with van der Waals surface area (Å²) < 4.78 is 0. The highest BCUT2D eigenvalue weighted by Gasteiger charge is 2.21. The lowest BCUT2D eigenvalue weighted by molar-refractivity contribution is 0.243. The van der Waals surface area contributed by atoms with E-state index in [0.717, 1.165) is 19.5 Å². The molecule has 62 valence electrons. The monoisotopic (exact) mass is 170 g/mol. The molecule has 0 aliphatic carbocycles. The zero-order valence-corrected chi connectivity index (χ0v) is 7.72. The Hall–Kier alpha value is -0.360. The van der Waals surface area contributed by atoms with E-state index in [9.17, 15) is 0 Å². The molecule has 0 radical (unpaired) electrons. The van der Waals surface area contributed by atoms with Crippen molar-refractivity contribution in [3.05, 3.63) is 0 Å². The van der Waals surface area contributed by atoms with Gasteiger partial charge in [0.25, 0.3) is 0 Å². The van der Waals surface area contributed by atoms with Crippen LogP contribution in [0.5, 0.6) is 0 Å². The highest BCUT2D eigenvalue weighted by molar-refractivity contribution is 7.80. The van der Waals surface area contributed by atoms with Crippen molar-refractivity contribution < 1.29 is 0 Å². The standard InChI is InChI=1S/C8H14N2S/c1-7(11)8-3-2-4-10(5-8)6-9/h7-8,11H,2-5H2,1H3/t7?,8-/m0/s1. The van der Waals surface area contributed by atoms with Crippen molar-refractivity contribution in [3.63, 3.8) is 0 Å². The number of likely N-dealkylation sites (tertiary alicyclic amines) is 1. The third kappa shape index (κ3) is 2.30. The van der Waals surface area contributed by atoms with Crippen LogP contribution in [0, 0.1) is 17.4 Å². The summed E-state index contributed by atoms with van der Waals surface area (Å²) >= 11 is 4.38. The van der Waals surface area contributed by atoms with Crippen molar-refractivity contribution in [1.29, 1.82) is 5.26 Å². The summed E-state index contributed by atoms with van der Waals surface area (Å²) in [7, 11) is 0. The maximum absolute atomic E-state index is 8.64. The molecule has 0 aromatic heterocycles. The van der Waals surface area contributed by atoms with E-state index in [1.165, 1.54) is 6.42 Å². The van der Waals surface area contributed by atoms with E-state index >= 15 is 0 Å². The Balaban J connectivity index is 2.41. The van der Waals surface area contributed by atoms with Gasteiger partial charge in [-0.3, -0.25) is 0 Å². The van der Waals surface area contributed by atoms with Crippen LogP contribution in [0.2, 0.25) is 0 Å². The molecule has 1 saturated heterocycles. The lowest BCUT2D eigenvalue weighted by Crippen LogP contribution is -2.35. The number of hydrogen-bond acceptors (Lipinski definition) is 3. The summed E-state index contributed by atoms with van der Waals surface area (Å²) in [4.78, 5) is 1.83. The molecule has 1 unspecified atom stereocenters. The molecule has 2 nitrogen and oxygen atoms in total. The van der Waals surface area contributed by atoms with Crippen LogP contribution < -0.4 is 0 Å². The largest absolute Gasteiger partial charge is 0.310 e. The third-order valence-corrected chi connectivity index (χ3v) is 2.70. The minimum atomic E-state index is 0.422. The average molecular weight is 170 g/mol. The first-order valence-electron chi connectivity index (χ1n) is 4.07. The van der Waals surface area contributed by atoms with Gasteiger partial charge in [-0.2, -0.15) is 17.9 Å². The Bertz CT molecular complexity index is 162. The van der Waals surface area contributed by atoms with Crippen LogP contribution in [0.1, 0.15) is 19.8 Å². The summed E-state index contributed by atoms with van der Waals surface area (Å²) in [5.74, 6) is 0.603. The van der Waals surface area contributed by atoms with Crippen LogP contribution in [0.4, 0.5) is 0 Å². The van der Waals surface area contributed by atoms with E-state index < -0.39 is 0 Å². The van der Waals surface area contributed by atoms with Gasteiger partial charge in [0, 0.05) is 18.3 Å². The third-order valence-electron chi connectivity index (χ3n) is 2.28. The van der Waals surface area contributed by atoms with Crippen molar-refractivity contribution in [2.24, 2.45) is 5.92 Å². The number of rotatable bonds is 1. The molecule has 1 fully saturated rings. The minimum Gasteiger partial charge on any atom is -0.310 e. The van der Waals surface area contributed by atoms with E-state index in [-0.39, 0.29) is 0 Å². The van der Waals surface area contributed by atoms with Gasteiger partial charge < -0.3 is 4.90 Å². The molecule has 0 amide bonds. The van der Waals surface area contributed by atoms with Gasteiger partial charge in [0.15, 0.2) is 6.19 Å². The summed E-state index contributed by atoms with van der Waals surface area (Å²) in [5.41, 5.74) is 0. The Morgan fingerprint density at radius 1 is 1.73 bits per heavy atom. The second kappa shape index (κ2) is 3.87. The van der Waals surface area contributed by atoms with Crippen molar-refractivity contribution in [2.75, 3.05) is 13.1 Å². The Morgan fingerprint density at radius 2 is 2.45 bits per heavy atom. The highest BCUT2D eigenvalue weighted by Crippen LogP contribution is 2.21. The Morgan fingerprint density at radius 3 is 3.00 bits per heavy atom. The first kappa shape index (κ1) is 8.73. The summed E-state index contributed by atoms with van der Waals surface area (Å²) in [5, 5.41) is 9.06. The maximum Gasteiger partial charge on any atom is 0.179 e. The zero-order valence-electron chi connectivity index (χ0n) is 6.82.